The molecule has 1 aromatic carbocycles. The van der Waals surface area contributed by atoms with Crippen LogP contribution in [0.2, 0.25) is 0 Å². The fourth-order valence-corrected chi connectivity index (χ4v) is 4.61. The lowest BCUT2D eigenvalue weighted by Gasteiger charge is -2.26. The molecule has 1 aliphatic heterocycles. The Morgan fingerprint density at radius 1 is 1.40 bits per heavy atom. The minimum absolute atomic E-state index is 0.0422. The summed E-state index contributed by atoms with van der Waals surface area (Å²) in [7, 11) is 3.28. The molecule has 1 unspecified atom stereocenters. The second kappa shape index (κ2) is 7.58. The van der Waals surface area contributed by atoms with E-state index in [1.54, 1.807) is 14.2 Å². The summed E-state index contributed by atoms with van der Waals surface area (Å²) in [5, 5.41) is 0. The van der Waals surface area contributed by atoms with E-state index in [1.165, 1.54) is 11.3 Å². The number of nitrogens with one attached hydrogen (secondary N) is 1. The van der Waals surface area contributed by atoms with Gasteiger partial charge >= 0.3 is 0 Å². The summed E-state index contributed by atoms with van der Waals surface area (Å²) in [5.74, 6) is 1.64. The first-order valence-corrected chi connectivity index (χ1v) is 9.46. The monoisotopic (exact) mass is 378 g/mol. The van der Waals surface area contributed by atoms with E-state index in [9.17, 15) is 4.79 Å². The Labute approximate surface area is 156 Å². The van der Waals surface area contributed by atoms with Crippen LogP contribution in [0.15, 0.2) is 18.2 Å². The van der Waals surface area contributed by atoms with Crippen molar-refractivity contribution in [3.8, 4) is 11.5 Å². The zero-order valence-corrected chi connectivity index (χ0v) is 16.3. The number of nitrogens with zero attached hydrogens (tertiary/aromatic N) is 1. The first-order chi connectivity index (χ1) is 12.0. The molecule has 5 nitrogen and oxygen atoms in total. The summed E-state index contributed by atoms with van der Waals surface area (Å²) >= 11 is 6.66. The highest BCUT2D eigenvalue weighted by atomic mass is 32.1. The number of amides is 1. The van der Waals surface area contributed by atoms with E-state index in [0.29, 0.717) is 6.42 Å². The molecule has 0 aliphatic carbocycles. The molecule has 1 fully saturated rings. The van der Waals surface area contributed by atoms with Crippen molar-refractivity contribution >= 4 is 29.5 Å². The SMILES string of the molecule is COc1ccc(C2CCCN2C(=O)Cc2sc(=S)[nH]c2C)c(OC)c1. The number of rotatable bonds is 5. The second-order valence-corrected chi connectivity index (χ2v) is 7.86. The van der Waals surface area contributed by atoms with E-state index >= 15 is 0 Å². The first kappa shape index (κ1) is 17.9. The number of hydrogen-bond donors (Lipinski definition) is 1. The maximum absolute atomic E-state index is 12.9. The molecular formula is C18H22N2O3S2. The topological polar surface area (TPSA) is 54.6 Å². The molecule has 25 heavy (non-hydrogen) atoms. The van der Waals surface area contributed by atoms with Gasteiger partial charge in [0.05, 0.1) is 26.7 Å². The summed E-state index contributed by atoms with van der Waals surface area (Å²) in [5.41, 5.74) is 2.02. The predicted molar refractivity (Wildman–Crippen MR) is 101 cm³/mol. The molecule has 0 saturated carbocycles. The zero-order chi connectivity index (χ0) is 18.0. The fourth-order valence-electron chi connectivity index (χ4n) is 3.33. The third kappa shape index (κ3) is 3.72. The smallest absolute Gasteiger partial charge is 0.228 e. The highest BCUT2D eigenvalue weighted by molar-refractivity contribution is 7.73. The minimum atomic E-state index is 0.0422. The van der Waals surface area contributed by atoms with Gasteiger partial charge in [0.2, 0.25) is 5.91 Å². The molecule has 2 heterocycles. The average molecular weight is 379 g/mol. The number of thiazole rings is 1. The first-order valence-electron chi connectivity index (χ1n) is 8.23. The minimum Gasteiger partial charge on any atom is -0.497 e. The van der Waals surface area contributed by atoms with Gasteiger partial charge in [-0.25, -0.2) is 0 Å². The van der Waals surface area contributed by atoms with Gasteiger partial charge in [-0.2, -0.15) is 0 Å². The molecule has 0 bridgehead atoms. The number of aryl methyl sites for hydroxylation is 1. The maximum atomic E-state index is 12.9. The van der Waals surface area contributed by atoms with Crippen LogP contribution in [0.25, 0.3) is 0 Å². The Balaban J connectivity index is 1.84. The highest BCUT2D eigenvalue weighted by Crippen LogP contribution is 2.39. The van der Waals surface area contributed by atoms with Crippen molar-refractivity contribution < 1.29 is 14.3 Å². The Hall–Kier alpha value is -1.86. The normalized spacial score (nSPS) is 16.9. The maximum Gasteiger partial charge on any atom is 0.228 e. The van der Waals surface area contributed by atoms with Crippen LogP contribution in [0.5, 0.6) is 11.5 Å². The lowest BCUT2D eigenvalue weighted by atomic mass is 10.0. The Kier molecular flexibility index (Phi) is 5.44. The van der Waals surface area contributed by atoms with E-state index in [4.69, 9.17) is 21.7 Å². The molecular weight excluding hydrogens is 356 g/mol. The van der Waals surface area contributed by atoms with Crippen LogP contribution in [0.3, 0.4) is 0 Å². The lowest BCUT2D eigenvalue weighted by Crippen LogP contribution is -2.32. The van der Waals surface area contributed by atoms with Crippen molar-refractivity contribution in [3.05, 3.63) is 38.3 Å². The fraction of sp³-hybridized carbons (Fsp3) is 0.444. The standard InChI is InChI=1S/C18H22N2O3S2/c1-11-16(25-18(24)19-11)10-17(21)20-8-4-5-14(20)13-7-6-12(22-2)9-15(13)23-3/h6-7,9,14H,4-5,8,10H2,1-3H3,(H,19,24). The second-order valence-electron chi connectivity index (χ2n) is 6.09. The third-order valence-corrected chi connectivity index (χ3v) is 5.94. The number of H-pyrrole nitrogens is 1. The van der Waals surface area contributed by atoms with Crippen molar-refractivity contribution in [2.24, 2.45) is 0 Å². The number of carbonyl (C=O) groups is 1. The number of aromatic amines is 1. The molecule has 1 saturated heterocycles. The summed E-state index contributed by atoms with van der Waals surface area (Å²) in [6.45, 7) is 2.73. The van der Waals surface area contributed by atoms with Crippen LogP contribution in [-0.4, -0.2) is 36.6 Å². The van der Waals surface area contributed by atoms with Gasteiger partial charge in [0.15, 0.2) is 3.95 Å². The van der Waals surface area contributed by atoms with Gasteiger partial charge in [0.25, 0.3) is 0 Å². The van der Waals surface area contributed by atoms with Crippen molar-refractivity contribution in [2.75, 3.05) is 20.8 Å². The van der Waals surface area contributed by atoms with E-state index in [1.807, 2.05) is 30.0 Å². The number of methoxy groups -OCH3 is 2. The quantitative estimate of drug-likeness (QED) is 0.798. The zero-order valence-electron chi connectivity index (χ0n) is 14.6. The van der Waals surface area contributed by atoms with Gasteiger partial charge in [-0.05, 0) is 44.1 Å². The van der Waals surface area contributed by atoms with Gasteiger partial charge in [0.1, 0.15) is 11.5 Å². The van der Waals surface area contributed by atoms with Gasteiger partial charge in [-0.15, -0.1) is 11.3 Å². The van der Waals surface area contributed by atoms with Crippen molar-refractivity contribution in [3.63, 3.8) is 0 Å². The van der Waals surface area contributed by atoms with Crippen LogP contribution >= 0.6 is 23.6 Å². The van der Waals surface area contributed by atoms with Crippen molar-refractivity contribution in [1.29, 1.82) is 0 Å². The molecule has 1 atom stereocenters. The lowest BCUT2D eigenvalue weighted by molar-refractivity contribution is -0.131. The Morgan fingerprint density at radius 3 is 2.84 bits per heavy atom. The van der Waals surface area contributed by atoms with Gasteiger partial charge in [0, 0.05) is 28.7 Å². The van der Waals surface area contributed by atoms with Crippen LogP contribution in [0.1, 0.15) is 35.0 Å². The van der Waals surface area contributed by atoms with E-state index in [2.05, 4.69) is 4.98 Å². The Morgan fingerprint density at radius 2 is 2.20 bits per heavy atom. The summed E-state index contributed by atoms with van der Waals surface area (Å²) < 4.78 is 11.5. The molecule has 1 amide bonds. The molecule has 1 aliphatic rings. The Bertz CT molecular complexity index is 828. The molecule has 0 spiro atoms. The summed E-state index contributed by atoms with van der Waals surface area (Å²) in [4.78, 5) is 19.0. The van der Waals surface area contributed by atoms with Crippen molar-refractivity contribution in [2.45, 2.75) is 32.2 Å². The number of ether oxygens (including phenoxy) is 2. The summed E-state index contributed by atoms with van der Waals surface area (Å²) in [6.07, 6.45) is 2.32. The third-order valence-electron chi connectivity index (χ3n) is 4.61. The van der Waals surface area contributed by atoms with Crippen molar-refractivity contribution in [1.82, 2.24) is 9.88 Å². The van der Waals surface area contributed by atoms with Crippen LogP contribution in [0, 0.1) is 10.9 Å². The van der Waals surface area contributed by atoms with E-state index < -0.39 is 0 Å². The number of carbonyl (C=O) groups excluding carboxylic acids is 1. The molecule has 1 aromatic heterocycles. The number of aromatic nitrogens is 1. The van der Waals surface area contributed by atoms with Gasteiger partial charge in [-0.3, -0.25) is 4.79 Å². The molecule has 2 aromatic rings. The average Bonchev–Trinajstić information content (AvgIpc) is 3.20. The number of hydrogen-bond acceptors (Lipinski definition) is 5. The van der Waals surface area contributed by atoms with Crippen LogP contribution in [-0.2, 0) is 11.2 Å². The van der Waals surface area contributed by atoms with Crippen LogP contribution in [0.4, 0.5) is 0 Å². The van der Waals surface area contributed by atoms with Gasteiger partial charge < -0.3 is 19.4 Å². The number of benzene rings is 1. The molecule has 0 radical (unpaired) electrons. The molecule has 134 valence electrons. The summed E-state index contributed by atoms with van der Waals surface area (Å²) in [6, 6.07) is 5.83. The molecule has 3 rings (SSSR count). The number of likely N-dealkylation sites (tertiary alicyclic amines) is 1. The predicted octanol–water partition coefficient (Wildman–Crippen LogP) is 4.04. The van der Waals surface area contributed by atoms with E-state index in [0.717, 1.165) is 51.0 Å². The van der Waals surface area contributed by atoms with Gasteiger partial charge in [-0.1, -0.05) is 0 Å². The largest absolute Gasteiger partial charge is 0.497 e. The molecule has 7 heteroatoms. The highest BCUT2D eigenvalue weighted by Gasteiger charge is 2.32. The van der Waals surface area contributed by atoms with Crippen LogP contribution < -0.4 is 9.47 Å². The van der Waals surface area contributed by atoms with E-state index in [-0.39, 0.29) is 11.9 Å². The molecule has 1 N–H and O–H groups in total.